The van der Waals surface area contributed by atoms with Crippen molar-refractivity contribution in [2.24, 2.45) is 5.14 Å². The molecule has 0 unspecified atom stereocenters. The minimum Gasteiger partial charge on any atom is -0.397 e. The van der Waals surface area contributed by atoms with Gasteiger partial charge < -0.3 is 10.6 Å². The van der Waals surface area contributed by atoms with E-state index in [0.29, 0.717) is 16.9 Å². The smallest absolute Gasteiger partial charge is 0.238 e. The number of primary sulfonamides is 1. The van der Waals surface area contributed by atoms with Crippen molar-refractivity contribution in [2.45, 2.75) is 11.4 Å². The average molecular weight is 309 g/mol. The molecule has 0 atom stereocenters. The molecule has 2 aromatic carbocycles. The maximum absolute atomic E-state index is 13.7. The van der Waals surface area contributed by atoms with Gasteiger partial charge in [-0.15, -0.1) is 0 Å². The Hall–Kier alpha value is -2.12. The molecule has 0 spiro atoms. The van der Waals surface area contributed by atoms with Gasteiger partial charge in [0.05, 0.1) is 16.3 Å². The van der Waals surface area contributed by atoms with Crippen molar-refractivity contribution >= 4 is 21.4 Å². The maximum atomic E-state index is 13.7. The molecule has 0 heterocycles. The van der Waals surface area contributed by atoms with Crippen molar-refractivity contribution in [3.63, 3.8) is 0 Å². The Morgan fingerprint density at radius 1 is 1.19 bits per heavy atom. The fourth-order valence-electron chi connectivity index (χ4n) is 2.00. The average Bonchev–Trinajstić information content (AvgIpc) is 2.40. The zero-order valence-electron chi connectivity index (χ0n) is 11.5. The fourth-order valence-corrected chi connectivity index (χ4v) is 2.53. The van der Waals surface area contributed by atoms with Gasteiger partial charge in [-0.05, 0) is 24.3 Å². The molecule has 4 N–H and O–H groups in total. The molecule has 0 fully saturated rings. The van der Waals surface area contributed by atoms with Crippen molar-refractivity contribution in [1.29, 1.82) is 0 Å². The quantitative estimate of drug-likeness (QED) is 0.841. The normalized spacial score (nSPS) is 11.4. The molecule has 0 aromatic heterocycles. The number of hydrogen-bond donors (Lipinski definition) is 2. The molecule has 112 valence electrons. The number of hydrogen-bond acceptors (Lipinski definition) is 4. The zero-order chi connectivity index (χ0) is 15.6. The van der Waals surface area contributed by atoms with Crippen LogP contribution in [0.2, 0.25) is 0 Å². The van der Waals surface area contributed by atoms with Crippen LogP contribution < -0.4 is 15.8 Å². The molecule has 0 saturated heterocycles. The maximum Gasteiger partial charge on any atom is 0.238 e. The summed E-state index contributed by atoms with van der Waals surface area (Å²) < 4.78 is 36.4. The summed E-state index contributed by atoms with van der Waals surface area (Å²) in [5.74, 6) is -0.328. The Morgan fingerprint density at radius 2 is 1.86 bits per heavy atom. The number of sulfonamides is 1. The second-order valence-corrected chi connectivity index (χ2v) is 6.27. The summed E-state index contributed by atoms with van der Waals surface area (Å²) in [4.78, 5) is 1.63. The first-order valence-corrected chi connectivity index (χ1v) is 7.70. The molecular formula is C14H16FN3O2S. The van der Waals surface area contributed by atoms with Crippen LogP contribution in [0.1, 0.15) is 5.56 Å². The molecule has 5 nitrogen and oxygen atoms in total. The third-order valence-corrected chi connectivity index (χ3v) is 4.02. The largest absolute Gasteiger partial charge is 0.397 e. The molecule has 0 aliphatic rings. The Labute approximate surface area is 123 Å². The number of nitrogens with two attached hydrogens (primary N) is 2. The lowest BCUT2D eigenvalue weighted by Gasteiger charge is -2.22. The van der Waals surface area contributed by atoms with Gasteiger partial charge in [-0.3, -0.25) is 0 Å². The van der Waals surface area contributed by atoms with E-state index < -0.39 is 10.0 Å². The minimum absolute atomic E-state index is 0.0351. The first kappa shape index (κ1) is 15.3. The Balaban J connectivity index is 2.35. The van der Waals surface area contributed by atoms with E-state index in [0.717, 1.165) is 0 Å². The zero-order valence-corrected chi connectivity index (χ0v) is 12.3. The number of nitrogens with zero attached hydrogens (tertiary/aromatic N) is 1. The fraction of sp³-hybridized carbons (Fsp3) is 0.143. The molecular weight excluding hydrogens is 293 g/mol. The summed E-state index contributed by atoms with van der Waals surface area (Å²) in [5.41, 5.74) is 7.21. The van der Waals surface area contributed by atoms with Gasteiger partial charge in [-0.1, -0.05) is 18.2 Å². The summed E-state index contributed by atoms with van der Waals surface area (Å²) in [6.07, 6.45) is 0. The van der Waals surface area contributed by atoms with Crippen molar-refractivity contribution < 1.29 is 12.8 Å². The van der Waals surface area contributed by atoms with Crippen LogP contribution in [0.15, 0.2) is 47.4 Å². The van der Waals surface area contributed by atoms with Crippen molar-refractivity contribution in [3.05, 3.63) is 53.8 Å². The van der Waals surface area contributed by atoms with Crippen LogP contribution >= 0.6 is 0 Å². The number of anilines is 2. The summed E-state index contributed by atoms with van der Waals surface area (Å²) in [5, 5.41) is 5.11. The lowest BCUT2D eigenvalue weighted by atomic mass is 10.2. The SMILES string of the molecule is CN(Cc1ccccc1F)c1cc(S(N)(=O)=O)ccc1N. The molecule has 2 rings (SSSR count). The van der Waals surface area contributed by atoms with Gasteiger partial charge in [-0.2, -0.15) is 0 Å². The highest BCUT2D eigenvalue weighted by Gasteiger charge is 2.14. The van der Waals surface area contributed by atoms with Crippen molar-refractivity contribution in [2.75, 3.05) is 17.7 Å². The third kappa shape index (κ3) is 3.50. The second-order valence-electron chi connectivity index (χ2n) is 4.71. The first-order valence-electron chi connectivity index (χ1n) is 6.16. The lowest BCUT2D eigenvalue weighted by molar-refractivity contribution is 0.597. The Kier molecular flexibility index (Phi) is 4.15. The van der Waals surface area contributed by atoms with Crippen LogP contribution in [0.25, 0.3) is 0 Å². The molecule has 0 radical (unpaired) electrons. The van der Waals surface area contributed by atoms with Crippen LogP contribution in [0.3, 0.4) is 0 Å². The molecule has 21 heavy (non-hydrogen) atoms. The summed E-state index contributed by atoms with van der Waals surface area (Å²) >= 11 is 0. The van der Waals surface area contributed by atoms with Crippen LogP contribution in [-0.2, 0) is 16.6 Å². The highest BCUT2D eigenvalue weighted by atomic mass is 32.2. The number of benzene rings is 2. The monoisotopic (exact) mass is 309 g/mol. The standard InChI is InChI=1S/C14H16FN3O2S/c1-18(9-10-4-2-3-5-12(10)15)14-8-11(21(17,19)20)6-7-13(14)16/h2-8H,9,16H2,1H3,(H2,17,19,20). The lowest BCUT2D eigenvalue weighted by Crippen LogP contribution is -2.20. The van der Waals surface area contributed by atoms with Gasteiger partial charge in [0.15, 0.2) is 0 Å². The van der Waals surface area contributed by atoms with E-state index in [1.807, 2.05) is 0 Å². The Morgan fingerprint density at radius 3 is 2.48 bits per heavy atom. The van der Waals surface area contributed by atoms with Gasteiger partial charge in [0.1, 0.15) is 5.82 Å². The summed E-state index contributed by atoms with van der Waals surface area (Å²) in [7, 11) is -2.11. The molecule has 0 bridgehead atoms. The predicted octanol–water partition coefficient (Wildman–Crippen LogP) is 1.69. The molecule has 2 aromatic rings. The Bertz CT molecular complexity index is 763. The topological polar surface area (TPSA) is 89.4 Å². The van der Waals surface area contributed by atoms with Crippen LogP contribution in [0.4, 0.5) is 15.8 Å². The van der Waals surface area contributed by atoms with E-state index in [4.69, 9.17) is 10.9 Å². The minimum atomic E-state index is -3.81. The third-order valence-electron chi connectivity index (χ3n) is 3.11. The van der Waals surface area contributed by atoms with Crippen LogP contribution in [-0.4, -0.2) is 15.5 Å². The predicted molar refractivity (Wildman–Crippen MR) is 80.7 cm³/mol. The van der Waals surface area contributed by atoms with Gasteiger partial charge in [0.2, 0.25) is 10.0 Å². The van der Waals surface area contributed by atoms with Gasteiger partial charge in [-0.25, -0.2) is 17.9 Å². The first-order chi connectivity index (χ1) is 9.79. The van der Waals surface area contributed by atoms with Crippen molar-refractivity contribution in [3.8, 4) is 0 Å². The number of halogens is 1. The van der Waals surface area contributed by atoms with E-state index >= 15 is 0 Å². The molecule has 7 heteroatoms. The summed E-state index contributed by atoms with van der Waals surface area (Å²) in [6, 6.07) is 10.5. The number of nitrogen functional groups attached to an aromatic ring is 1. The van der Waals surface area contributed by atoms with Gasteiger partial charge in [0, 0.05) is 19.2 Å². The molecule has 0 amide bonds. The van der Waals surface area contributed by atoms with E-state index in [1.165, 1.54) is 24.3 Å². The van der Waals surface area contributed by atoms with E-state index in [-0.39, 0.29) is 17.3 Å². The van der Waals surface area contributed by atoms with E-state index in [2.05, 4.69) is 0 Å². The highest BCUT2D eigenvalue weighted by Crippen LogP contribution is 2.27. The van der Waals surface area contributed by atoms with Gasteiger partial charge >= 0.3 is 0 Å². The van der Waals surface area contributed by atoms with Crippen molar-refractivity contribution in [1.82, 2.24) is 0 Å². The van der Waals surface area contributed by atoms with E-state index in [9.17, 15) is 12.8 Å². The molecule has 0 aliphatic heterocycles. The molecule has 0 aliphatic carbocycles. The number of rotatable bonds is 4. The van der Waals surface area contributed by atoms with Crippen LogP contribution in [0.5, 0.6) is 0 Å². The second kappa shape index (κ2) is 5.71. The van der Waals surface area contributed by atoms with Gasteiger partial charge in [0.25, 0.3) is 0 Å². The van der Waals surface area contributed by atoms with E-state index in [1.54, 1.807) is 30.1 Å². The summed E-state index contributed by atoms with van der Waals surface area (Å²) in [6.45, 7) is 0.255. The highest BCUT2D eigenvalue weighted by molar-refractivity contribution is 7.89. The molecule has 0 saturated carbocycles. The van der Waals surface area contributed by atoms with Crippen LogP contribution in [0, 0.1) is 5.82 Å².